The number of thioether (sulfide) groups is 2. The second-order valence-corrected chi connectivity index (χ2v) is 6.45. The van der Waals surface area contributed by atoms with Gasteiger partial charge in [-0.1, -0.05) is 65.5 Å². The second-order valence-electron chi connectivity index (χ2n) is 4.02. The predicted molar refractivity (Wildman–Crippen MR) is 77.3 cm³/mol. The Hall–Kier alpha value is -1.12. The quantitative estimate of drug-likeness (QED) is 0.688. The standard InChI is InChI=1S/C15H12S2/c1-11-6-8-12(9-7-11)10-15-16-13-4-2-3-5-14(13)17-15/h2-10H,1H3. The van der Waals surface area contributed by atoms with Crippen molar-refractivity contribution in [1.29, 1.82) is 0 Å². The minimum absolute atomic E-state index is 1.28. The Morgan fingerprint density at radius 3 is 2.00 bits per heavy atom. The normalized spacial score (nSPS) is 13.6. The van der Waals surface area contributed by atoms with Gasteiger partial charge in [-0.25, -0.2) is 0 Å². The third kappa shape index (κ3) is 2.43. The van der Waals surface area contributed by atoms with Gasteiger partial charge in [0.2, 0.25) is 0 Å². The Kier molecular flexibility index (Phi) is 3.00. The van der Waals surface area contributed by atoms with Gasteiger partial charge in [0.15, 0.2) is 0 Å². The lowest BCUT2D eigenvalue weighted by Crippen LogP contribution is -1.73. The zero-order valence-electron chi connectivity index (χ0n) is 9.51. The van der Waals surface area contributed by atoms with E-state index in [4.69, 9.17) is 0 Å². The van der Waals surface area contributed by atoms with E-state index in [0.29, 0.717) is 0 Å². The number of fused-ring (bicyclic) bond motifs is 1. The Labute approximate surface area is 110 Å². The highest BCUT2D eigenvalue weighted by atomic mass is 32.2. The summed E-state index contributed by atoms with van der Waals surface area (Å²) in [6.45, 7) is 2.12. The van der Waals surface area contributed by atoms with E-state index < -0.39 is 0 Å². The molecule has 1 heterocycles. The Morgan fingerprint density at radius 2 is 1.41 bits per heavy atom. The topological polar surface area (TPSA) is 0 Å². The van der Waals surface area contributed by atoms with Gasteiger partial charge in [-0.3, -0.25) is 0 Å². The van der Waals surface area contributed by atoms with Crippen molar-refractivity contribution in [3.05, 3.63) is 63.9 Å². The fourth-order valence-electron chi connectivity index (χ4n) is 1.71. The van der Waals surface area contributed by atoms with E-state index in [1.807, 2.05) is 23.5 Å². The monoisotopic (exact) mass is 256 g/mol. The Balaban J connectivity index is 1.87. The lowest BCUT2D eigenvalue weighted by atomic mass is 10.1. The van der Waals surface area contributed by atoms with Crippen molar-refractivity contribution in [3.8, 4) is 0 Å². The predicted octanol–water partition coefficient (Wildman–Crippen LogP) is 5.19. The zero-order valence-corrected chi connectivity index (χ0v) is 11.1. The molecule has 0 bridgehead atoms. The number of benzene rings is 2. The number of rotatable bonds is 1. The van der Waals surface area contributed by atoms with Gasteiger partial charge in [0.25, 0.3) is 0 Å². The van der Waals surface area contributed by atoms with E-state index in [1.165, 1.54) is 25.2 Å². The number of hydrogen-bond donors (Lipinski definition) is 0. The first-order chi connectivity index (χ1) is 8.31. The van der Waals surface area contributed by atoms with Gasteiger partial charge < -0.3 is 0 Å². The zero-order chi connectivity index (χ0) is 11.7. The molecule has 0 radical (unpaired) electrons. The highest BCUT2D eigenvalue weighted by Gasteiger charge is 2.16. The van der Waals surface area contributed by atoms with E-state index in [2.05, 4.69) is 61.5 Å². The molecule has 84 valence electrons. The van der Waals surface area contributed by atoms with E-state index in [0.717, 1.165) is 0 Å². The van der Waals surface area contributed by atoms with Crippen LogP contribution in [-0.2, 0) is 0 Å². The maximum Gasteiger partial charge on any atom is 0.0505 e. The second kappa shape index (κ2) is 4.63. The summed E-state index contributed by atoms with van der Waals surface area (Å²) >= 11 is 3.72. The van der Waals surface area contributed by atoms with Crippen molar-refractivity contribution in [2.24, 2.45) is 0 Å². The number of aryl methyl sites for hydroxylation is 1. The molecular weight excluding hydrogens is 244 g/mol. The molecule has 0 aromatic heterocycles. The average Bonchev–Trinajstić information content (AvgIpc) is 2.74. The minimum atomic E-state index is 1.28. The molecule has 0 saturated carbocycles. The molecule has 0 aliphatic carbocycles. The molecule has 0 nitrogen and oxygen atoms in total. The molecular formula is C15H12S2. The first kappa shape index (κ1) is 11.0. The van der Waals surface area contributed by atoms with Gasteiger partial charge in [-0.2, -0.15) is 0 Å². The van der Waals surface area contributed by atoms with E-state index in [9.17, 15) is 0 Å². The van der Waals surface area contributed by atoms with Crippen molar-refractivity contribution < 1.29 is 0 Å². The molecule has 2 aromatic carbocycles. The van der Waals surface area contributed by atoms with Crippen LogP contribution in [-0.4, -0.2) is 0 Å². The molecule has 0 amide bonds. The molecule has 1 aliphatic heterocycles. The molecule has 2 heteroatoms. The fourth-order valence-corrected chi connectivity index (χ4v) is 4.12. The van der Waals surface area contributed by atoms with Gasteiger partial charge in [0.1, 0.15) is 0 Å². The maximum absolute atomic E-state index is 2.26. The highest BCUT2D eigenvalue weighted by Crippen LogP contribution is 2.51. The summed E-state index contributed by atoms with van der Waals surface area (Å²) in [6, 6.07) is 17.2. The van der Waals surface area contributed by atoms with Crippen LogP contribution < -0.4 is 0 Å². The summed E-state index contributed by atoms with van der Waals surface area (Å²) in [5, 5.41) is 0. The van der Waals surface area contributed by atoms with E-state index in [-0.39, 0.29) is 0 Å². The maximum atomic E-state index is 2.26. The lowest BCUT2D eigenvalue weighted by molar-refractivity contribution is 1.27. The van der Waals surface area contributed by atoms with E-state index >= 15 is 0 Å². The van der Waals surface area contributed by atoms with Crippen LogP contribution in [0.2, 0.25) is 0 Å². The van der Waals surface area contributed by atoms with Gasteiger partial charge in [-0.05, 0) is 30.7 Å². The molecule has 0 fully saturated rings. The molecule has 0 unspecified atom stereocenters. The Morgan fingerprint density at radius 1 is 0.824 bits per heavy atom. The van der Waals surface area contributed by atoms with Crippen LogP contribution >= 0.6 is 23.5 Å². The lowest BCUT2D eigenvalue weighted by Gasteiger charge is -1.97. The van der Waals surface area contributed by atoms with Crippen molar-refractivity contribution in [2.75, 3.05) is 0 Å². The van der Waals surface area contributed by atoms with Crippen LogP contribution in [0.1, 0.15) is 11.1 Å². The van der Waals surface area contributed by atoms with Gasteiger partial charge in [0, 0.05) is 9.79 Å². The van der Waals surface area contributed by atoms with Crippen LogP contribution in [0, 0.1) is 6.92 Å². The summed E-state index contributed by atoms with van der Waals surface area (Å²) in [5.74, 6) is 0. The number of hydrogen-bond acceptors (Lipinski definition) is 2. The fraction of sp³-hybridized carbons (Fsp3) is 0.0667. The van der Waals surface area contributed by atoms with Crippen molar-refractivity contribution >= 4 is 29.6 Å². The molecule has 0 spiro atoms. The minimum Gasteiger partial charge on any atom is -0.0815 e. The van der Waals surface area contributed by atoms with Crippen molar-refractivity contribution in [2.45, 2.75) is 16.7 Å². The van der Waals surface area contributed by atoms with Crippen LogP contribution in [0.25, 0.3) is 6.08 Å². The molecule has 17 heavy (non-hydrogen) atoms. The van der Waals surface area contributed by atoms with Crippen molar-refractivity contribution in [3.63, 3.8) is 0 Å². The van der Waals surface area contributed by atoms with Gasteiger partial charge >= 0.3 is 0 Å². The van der Waals surface area contributed by atoms with Crippen LogP contribution in [0.3, 0.4) is 0 Å². The third-order valence-corrected chi connectivity index (χ3v) is 5.05. The molecule has 0 N–H and O–H groups in total. The summed E-state index contributed by atoms with van der Waals surface area (Å²) in [7, 11) is 0. The van der Waals surface area contributed by atoms with E-state index in [1.54, 1.807) is 0 Å². The van der Waals surface area contributed by atoms with Crippen LogP contribution in [0.15, 0.2) is 62.6 Å². The molecule has 2 aromatic rings. The average molecular weight is 256 g/mol. The molecule has 3 rings (SSSR count). The van der Waals surface area contributed by atoms with Crippen LogP contribution in [0.5, 0.6) is 0 Å². The summed E-state index contributed by atoms with van der Waals surface area (Å²) in [5.41, 5.74) is 2.58. The largest absolute Gasteiger partial charge is 0.0815 e. The third-order valence-electron chi connectivity index (χ3n) is 2.63. The van der Waals surface area contributed by atoms with Crippen LogP contribution in [0.4, 0.5) is 0 Å². The smallest absolute Gasteiger partial charge is 0.0505 e. The summed E-state index contributed by atoms with van der Waals surface area (Å²) in [4.78, 5) is 2.74. The molecule has 0 atom stereocenters. The molecule has 1 aliphatic rings. The molecule has 0 saturated heterocycles. The highest BCUT2D eigenvalue weighted by molar-refractivity contribution is 8.24. The first-order valence-electron chi connectivity index (χ1n) is 5.54. The van der Waals surface area contributed by atoms with Gasteiger partial charge in [-0.15, -0.1) is 0 Å². The summed E-state index contributed by atoms with van der Waals surface area (Å²) in [6.07, 6.45) is 2.26. The SMILES string of the molecule is Cc1ccc(C=C2Sc3ccccc3S2)cc1. The summed E-state index contributed by atoms with van der Waals surface area (Å²) < 4.78 is 1.36. The van der Waals surface area contributed by atoms with Crippen molar-refractivity contribution in [1.82, 2.24) is 0 Å². The Bertz CT molecular complexity index is 541. The first-order valence-corrected chi connectivity index (χ1v) is 7.18. The van der Waals surface area contributed by atoms with Gasteiger partial charge in [0.05, 0.1) is 4.24 Å².